The molecule has 0 aliphatic carbocycles. The maximum atomic E-state index is 13.1. The van der Waals surface area contributed by atoms with Crippen LogP contribution in [0, 0.1) is 5.82 Å². The Morgan fingerprint density at radius 1 is 1.48 bits per heavy atom. The highest BCUT2D eigenvalue weighted by atomic mass is 19.1. The second-order valence-corrected chi connectivity index (χ2v) is 6.42. The number of rotatable bonds is 3. The number of amides is 1. The molecule has 1 saturated heterocycles. The van der Waals surface area contributed by atoms with Crippen LogP contribution in [0.1, 0.15) is 32.8 Å². The number of halogens is 1. The van der Waals surface area contributed by atoms with Crippen LogP contribution in [0.4, 0.5) is 9.18 Å². The van der Waals surface area contributed by atoms with E-state index in [2.05, 4.69) is 5.32 Å². The number of nitrogens with one attached hydrogen (secondary N) is 1. The Hall–Kier alpha value is -1.62. The first-order valence-electron chi connectivity index (χ1n) is 7.29. The molecule has 0 spiro atoms. The molecule has 0 bridgehead atoms. The number of carbonyl (C=O) groups is 1. The average Bonchev–Trinajstić information content (AvgIpc) is 2.83. The number of benzene rings is 1. The van der Waals surface area contributed by atoms with Crippen molar-refractivity contribution < 1.29 is 13.9 Å². The zero-order valence-corrected chi connectivity index (χ0v) is 12.9. The molecule has 1 aliphatic heterocycles. The van der Waals surface area contributed by atoms with Crippen molar-refractivity contribution in [1.82, 2.24) is 10.2 Å². The second-order valence-electron chi connectivity index (χ2n) is 6.42. The monoisotopic (exact) mass is 294 g/mol. The van der Waals surface area contributed by atoms with E-state index in [-0.39, 0.29) is 18.0 Å². The van der Waals surface area contributed by atoms with Crippen LogP contribution in [0.25, 0.3) is 0 Å². The van der Waals surface area contributed by atoms with Gasteiger partial charge in [-0.3, -0.25) is 0 Å². The van der Waals surface area contributed by atoms with Gasteiger partial charge in [-0.25, -0.2) is 9.18 Å². The Bertz CT molecular complexity index is 499. The number of likely N-dealkylation sites (tertiary alicyclic amines) is 1. The maximum absolute atomic E-state index is 13.1. The van der Waals surface area contributed by atoms with E-state index in [1.165, 1.54) is 12.1 Å². The van der Waals surface area contributed by atoms with E-state index >= 15 is 0 Å². The van der Waals surface area contributed by atoms with E-state index in [4.69, 9.17) is 4.74 Å². The summed E-state index contributed by atoms with van der Waals surface area (Å²) in [6, 6.07) is 6.77. The lowest BCUT2D eigenvalue weighted by Gasteiger charge is -2.24. The van der Waals surface area contributed by atoms with Crippen molar-refractivity contribution in [2.24, 2.45) is 0 Å². The zero-order valence-electron chi connectivity index (χ0n) is 12.9. The van der Waals surface area contributed by atoms with Gasteiger partial charge in [-0.05, 0) is 44.9 Å². The third kappa shape index (κ3) is 5.01. The molecule has 0 aromatic heterocycles. The first kappa shape index (κ1) is 15.8. The van der Waals surface area contributed by atoms with E-state index in [9.17, 15) is 9.18 Å². The third-order valence-electron chi connectivity index (χ3n) is 3.32. The Balaban J connectivity index is 1.79. The fourth-order valence-electron chi connectivity index (χ4n) is 2.33. The van der Waals surface area contributed by atoms with Crippen LogP contribution < -0.4 is 5.32 Å². The fourth-order valence-corrected chi connectivity index (χ4v) is 2.33. The lowest BCUT2D eigenvalue weighted by Crippen LogP contribution is -2.38. The van der Waals surface area contributed by atoms with Crippen molar-refractivity contribution in [3.63, 3.8) is 0 Å². The molecule has 1 N–H and O–H groups in total. The number of hydrogen-bond donors (Lipinski definition) is 1. The molecule has 1 aliphatic rings. The van der Waals surface area contributed by atoms with Crippen molar-refractivity contribution in [2.45, 2.75) is 45.4 Å². The molecule has 2 rings (SSSR count). The molecule has 116 valence electrons. The molecule has 1 aromatic carbocycles. The molecular weight excluding hydrogens is 271 g/mol. The number of ether oxygens (including phenoxy) is 1. The molecule has 1 amide bonds. The molecule has 21 heavy (non-hydrogen) atoms. The van der Waals surface area contributed by atoms with E-state index in [0.717, 1.165) is 12.0 Å². The molecule has 0 unspecified atom stereocenters. The van der Waals surface area contributed by atoms with Gasteiger partial charge in [-0.15, -0.1) is 0 Å². The quantitative estimate of drug-likeness (QED) is 0.932. The normalized spacial score (nSPS) is 18.9. The van der Waals surface area contributed by atoms with Gasteiger partial charge in [0.05, 0.1) is 0 Å². The summed E-state index contributed by atoms with van der Waals surface area (Å²) in [6.45, 7) is 7.51. The number of nitrogens with zero attached hydrogens (tertiary/aromatic N) is 1. The molecule has 0 saturated carbocycles. The summed E-state index contributed by atoms with van der Waals surface area (Å²) in [7, 11) is 0. The van der Waals surface area contributed by atoms with Gasteiger partial charge in [-0.1, -0.05) is 12.1 Å². The van der Waals surface area contributed by atoms with E-state index in [1.54, 1.807) is 11.0 Å². The van der Waals surface area contributed by atoms with E-state index in [1.807, 2.05) is 26.8 Å². The molecule has 4 nitrogen and oxygen atoms in total. The van der Waals surface area contributed by atoms with Gasteiger partial charge in [0, 0.05) is 25.7 Å². The molecule has 5 heteroatoms. The predicted molar refractivity (Wildman–Crippen MR) is 79.5 cm³/mol. The second kappa shape index (κ2) is 6.43. The van der Waals surface area contributed by atoms with Crippen LogP contribution in [0.3, 0.4) is 0 Å². The summed E-state index contributed by atoms with van der Waals surface area (Å²) in [4.78, 5) is 13.7. The average molecular weight is 294 g/mol. The molecule has 1 aromatic rings. The highest BCUT2D eigenvalue weighted by molar-refractivity contribution is 5.68. The minimum atomic E-state index is -0.468. The smallest absolute Gasteiger partial charge is 0.410 e. The molecule has 0 radical (unpaired) electrons. The highest BCUT2D eigenvalue weighted by Gasteiger charge is 2.29. The predicted octanol–water partition coefficient (Wildman–Crippen LogP) is 2.92. The summed E-state index contributed by atoms with van der Waals surface area (Å²) in [6.07, 6.45) is 0.617. The number of hydrogen-bond acceptors (Lipinski definition) is 3. The molecule has 1 fully saturated rings. The van der Waals surface area contributed by atoms with Gasteiger partial charge >= 0.3 is 6.09 Å². The Labute approximate surface area is 125 Å². The van der Waals surface area contributed by atoms with E-state index < -0.39 is 5.60 Å². The van der Waals surface area contributed by atoms with Crippen LogP contribution in [0.5, 0.6) is 0 Å². The topological polar surface area (TPSA) is 41.6 Å². The Morgan fingerprint density at radius 2 is 2.24 bits per heavy atom. The summed E-state index contributed by atoms with van der Waals surface area (Å²) in [5, 5.41) is 3.36. The van der Waals surface area contributed by atoms with Gasteiger partial charge < -0.3 is 15.0 Å². The standard InChI is InChI=1S/C16H23FN2O2/c1-16(2,3)21-15(20)19-8-7-14(11-19)18-10-12-5-4-6-13(17)9-12/h4-6,9,14,18H,7-8,10-11H2,1-3H3/t14-/m0/s1. The summed E-state index contributed by atoms with van der Waals surface area (Å²) in [5.41, 5.74) is 0.440. The lowest BCUT2D eigenvalue weighted by atomic mass is 10.2. The van der Waals surface area contributed by atoms with Crippen molar-refractivity contribution in [2.75, 3.05) is 13.1 Å². The minimum absolute atomic E-state index is 0.223. The van der Waals surface area contributed by atoms with Gasteiger partial charge in [0.2, 0.25) is 0 Å². The van der Waals surface area contributed by atoms with Gasteiger partial charge in [0.25, 0.3) is 0 Å². The van der Waals surface area contributed by atoms with Crippen molar-refractivity contribution in [3.05, 3.63) is 35.6 Å². The van der Waals surface area contributed by atoms with Crippen LogP contribution in [-0.2, 0) is 11.3 Å². The SMILES string of the molecule is CC(C)(C)OC(=O)N1CC[C@H](NCc2cccc(F)c2)C1. The van der Waals surface area contributed by atoms with Crippen LogP contribution in [-0.4, -0.2) is 35.7 Å². The summed E-state index contributed by atoms with van der Waals surface area (Å²) >= 11 is 0. The Kier molecular flexibility index (Phi) is 4.83. The molecule has 1 atom stereocenters. The largest absolute Gasteiger partial charge is 0.444 e. The van der Waals surface area contributed by atoms with Crippen LogP contribution in [0.15, 0.2) is 24.3 Å². The number of carbonyl (C=O) groups excluding carboxylic acids is 1. The Morgan fingerprint density at radius 3 is 2.90 bits per heavy atom. The first-order valence-corrected chi connectivity index (χ1v) is 7.29. The zero-order chi connectivity index (χ0) is 15.5. The van der Waals surface area contributed by atoms with Crippen molar-refractivity contribution in [1.29, 1.82) is 0 Å². The summed E-state index contributed by atoms with van der Waals surface area (Å²) in [5.74, 6) is -0.226. The van der Waals surface area contributed by atoms with Gasteiger partial charge in [-0.2, -0.15) is 0 Å². The maximum Gasteiger partial charge on any atom is 0.410 e. The third-order valence-corrected chi connectivity index (χ3v) is 3.32. The van der Waals surface area contributed by atoms with Crippen molar-refractivity contribution >= 4 is 6.09 Å². The fraction of sp³-hybridized carbons (Fsp3) is 0.562. The van der Waals surface area contributed by atoms with E-state index in [0.29, 0.717) is 19.6 Å². The molecular formula is C16H23FN2O2. The van der Waals surface area contributed by atoms with Gasteiger partial charge in [0.1, 0.15) is 11.4 Å². The van der Waals surface area contributed by atoms with Crippen molar-refractivity contribution in [3.8, 4) is 0 Å². The first-order chi connectivity index (χ1) is 9.83. The lowest BCUT2D eigenvalue weighted by molar-refractivity contribution is 0.0291. The summed E-state index contributed by atoms with van der Waals surface area (Å²) < 4.78 is 18.5. The molecule has 1 heterocycles. The minimum Gasteiger partial charge on any atom is -0.444 e. The van der Waals surface area contributed by atoms with Crippen LogP contribution >= 0.6 is 0 Å². The highest BCUT2D eigenvalue weighted by Crippen LogP contribution is 2.15. The van der Waals surface area contributed by atoms with Crippen LogP contribution in [0.2, 0.25) is 0 Å². The van der Waals surface area contributed by atoms with Gasteiger partial charge in [0.15, 0.2) is 0 Å².